The van der Waals surface area contributed by atoms with Gasteiger partial charge in [-0.15, -0.1) is 24.0 Å². The number of rotatable bonds is 0. The van der Waals surface area contributed by atoms with Crippen LogP contribution in [0.2, 0.25) is 0 Å². The number of carbonyl (C=O) groups is 1. The van der Waals surface area contributed by atoms with Gasteiger partial charge < -0.3 is 5.73 Å². The molecule has 0 aliphatic heterocycles. The number of nitrogens with two attached hydrogens (primary N) is 1. The Labute approximate surface area is 47.7 Å². The fourth-order valence-corrected chi connectivity index (χ4v) is 0. The third-order valence-corrected chi connectivity index (χ3v) is 0. The van der Waals surface area contributed by atoms with Crippen molar-refractivity contribution in [3.63, 3.8) is 0 Å². The molecule has 0 bridgehead atoms. The summed E-state index contributed by atoms with van der Waals surface area (Å²) in [4.78, 5) is 9.22. The highest BCUT2D eigenvalue weighted by Crippen LogP contribution is 1.33. The summed E-state index contributed by atoms with van der Waals surface area (Å²) in [5, 5.41) is 0. The third-order valence-electron chi connectivity index (χ3n) is 0. The maximum atomic E-state index is 9.22. The molecule has 5 heavy (non-hydrogen) atoms. The summed E-state index contributed by atoms with van der Waals surface area (Å²) in [5.41, 5.74) is 4.47. The van der Waals surface area contributed by atoms with Crippen molar-refractivity contribution in [1.82, 2.24) is 0 Å². The van der Waals surface area contributed by atoms with Crippen LogP contribution in [0, 0.1) is 0 Å². The average Bonchev–Trinajstić information content (AvgIpc) is 0.811. The normalized spacial score (nSPS) is 5.00. The summed E-state index contributed by atoms with van der Waals surface area (Å²) in [6, 6.07) is 0. The molecule has 0 aromatic heterocycles. The van der Waals surface area contributed by atoms with Gasteiger partial charge in [0.2, 0.25) is 5.91 Å². The van der Waals surface area contributed by atoms with Crippen LogP contribution in [0.4, 0.5) is 0 Å². The Morgan fingerprint density at radius 1 is 1.80 bits per heavy atom. The molecule has 0 unspecified atom stereocenters. The van der Waals surface area contributed by atoms with E-state index in [9.17, 15) is 4.79 Å². The molecule has 0 rings (SSSR count). The van der Waals surface area contributed by atoms with Crippen LogP contribution in [-0.2, 0) is 4.79 Å². The zero-order valence-electron chi connectivity index (χ0n) is 2.89. The molecule has 0 spiro atoms. The van der Waals surface area contributed by atoms with E-state index in [1.54, 1.807) is 0 Å². The van der Waals surface area contributed by atoms with Crippen molar-refractivity contribution < 1.29 is 4.79 Å². The minimum Gasteiger partial charge on any atom is -0.370 e. The highest BCUT2D eigenvalue weighted by atomic mass is 127. The van der Waals surface area contributed by atoms with Crippen LogP contribution < -0.4 is 5.73 Å². The first-order valence-electron chi connectivity index (χ1n) is 0.993. The van der Waals surface area contributed by atoms with Crippen LogP contribution in [0.15, 0.2) is 0 Å². The molecule has 0 aromatic rings. The Balaban J connectivity index is 0. The molecule has 0 heterocycles. The van der Waals surface area contributed by atoms with E-state index in [-0.39, 0.29) is 29.9 Å². The molecule has 0 aliphatic carbocycles. The number of halogens is 1. The summed E-state index contributed by atoms with van der Waals surface area (Å²) in [6.07, 6.45) is 0. The van der Waals surface area contributed by atoms with E-state index in [4.69, 9.17) is 0 Å². The average molecular weight is 187 g/mol. The first kappa shape index (κ1) is 8.96. The smallest absolute Gasteiger partial charge is 0.214 e. The fraction of sp³-hybridized carbons (Fsp3) is 0.500. The zero-order chi connectivity index (χ0) is 3.58. The largest absolute Gasteiger partial charge is 0.370 e. The summed E-state index contributed by atoms with van der Waals surface area (Å²) >= 11 is 0. The van der Waals surface area contributed by atoms with E-state index < -0.39 is 0 Å². The van der Waals surface area contributed by atoms with Gasteiger partial charge in [0.15, 0.2) is 0 Å². The molecule has 1 amide bonds. The van der Waals surface area contributed by atoms with Gasteiger partial charge in [0.1, 0.15) is 0 Å². The Hall–Kier alpha value is 0.200. The molecular formula is C2H6INO. The lowest BCUT2D eigenvalue weighted by Crippen LogP contribution is -2.01. The van der Waals surface area contributed by atoms with E-state index in [2.05, 4.69) is 5.73 Å². The van der Waals surface area contributed by atoms with Crippen LogP contribution in [0.5, 0.6) is 0 Å². The van der Waals surface area contributed by atoms with Gasteiger partial charge in [-0.05, 0) is 0 Å². The number of hydrogen-bond acceptors (Lipinski definition) is 1. The Bertz CT molecular complexity index is 32.6. The van der Waals surface area contributed by atoms with Gasteiger partial charge in [-0.1, -0.05) is 0 Å². The molecule has 0 radical (unpaired) electrons. The van der Waals surface area contributed by atoms with Crippen LogP contribution >= 0.6 is 24.0 Å². The SMILES string of the molecule is CC(N)=O.I. The molecule has 0 atom stereocenters. The minimum atomic E-state index is -0.333. The Morgan fingerprint density at radius 2 is 1.80 bits per heavy atom. The number of hydrogen-bond donors (Lipinski definition) is 1. The minimum absolute atomic E-state index is 0. The summed E-state index contributed by atoms with van der Waals surface area (Å²) in [6.45, 7) is 1.31. The second-order valence-electron chi connectivity index (χ2n) is 0.611. The molecule has 2 N–H and O–H groups in total. The van der Waals surface area contributed by atoms with Crippen LogP contribution in [0.1, 0.15) is 6.92 Å². The fourth-order valence-electron chi connectivity index (χ4n) is 0. The summed E-state index contributed by atoms with van der Waals surface area (Å²) < 4.78 is 0. The van der Waals surface area contributed by atoms with Gasteiger partial charge in [0.05, 0.1) is 0 Å². The van der Waals surface area contributed by atoms with Crippen molar-refractivity contribution in [2.24, 2.45) is 5.73 Å². The van der Waals surface area contributed by atoms with Crippen molar-refractivity contribution in [2.75, 3.05) is 0 Å². The lowest BCUT2D eigenvalue weighted by atomic mass is 10.8. The topological polar surface area (TPSA) is 43.1 Å². The predicted molar refractivity (Wildman–Crippen MR) is 30.3 cm³/mol. The standard InChI is InChI=1S/C2H5NO.HI/c1-2(3)4;/h1H3,(H2,3,4);1H. The lowest BCUT2D eigenvalue weighted by molar-refractivity contribution is -0.115. The van der Waals surface area contributed by atoms with Gasteiger partial charge in [-0.2, -0.15) is 0 Å². The van der Waals surface area contributed by atoms with E-state index in [0.29, 0.717) is 0 Å². The van der Waals surface area contributed by atoms with Gasteiger partial charge in [0, 0.05) is 6.92 Å². The highest BCUT2D eigenvalue weighted by molar-refractivity contribution is 14.0. The number of amides is 1. The zero-order valence-corrected chi connectivity index (χ0v) is 5.22. The summed E-state index contributed by atoms with van der Waals surface area (Å²) in [5.74, 6) is -0.333. The predicted octanol–water partition coefficient (Wildman–Crippen LogP) is 0.110. The molecule has 0 saturated heterocycles. The van der Waals surface area contributed by atoms with Gasteiger partial charge in [0.25, 0.3) is 0 Å². The van der Waals surface area contributed by atoms with Crippen molar-refractivity contribution >= 4 is 29.9 Å². The van der Waals surface area contributed by atoms with Crippen LogP contribution in [0.3, 0.4) is 0 Å². The van der Waals surface area contributed by atoms with Gasteiger partial charge in [-0.3, -0.25) is 4.79 Å². The molecule has 0 aliphatic rings. The van der Waals surface area contributed by atoms with Crippen LogP contribution in [0.25, 0.3) is 0 Å². The molecule has 3 heteroatoms. The molecule has 0 saturated carbocycles. The van der Waals surface area contributed by atoms with E-state index in [0.717, 1.165) is 0 Å². The number of primary amides is 1. The molecule has 0 aromatic carbocycles. The van der Waals surface area contributed by atoms with Gasteiger partial charge >= 0.3 is 0 Å². The Kier molecular flexibility index (Phi) is 7.52. The van der Waals surface area contributed by atoms with Crippen molar-refractivity contribution in [2.45, 2.75) is 6.92 Å². The Morgan fingerprint density at radius 3 is 1.80 bits per heavy atom. The first-order valence-corrected chi connectivity index (χ1v) is 0.993. The second-order valence-corrected chi connectivity index (χ2v) is 0.611. The molecule has 0 fully saturated rings. The maximum Gasteiger partial charge on any atom is 0.214 e. The van der Waals surface area contributed by atoms with Crippen molar-refractivity contribution in [1.29, 1.82) is 0 Å². The first-order chi connectivity index (χ1) is 1.73. The second kappa shape index (κ2) is 4.20. The molecule has 2 nitrogen and oxygen atoms in total. The number of carbonyl (C=O) groups excluding carboxylic acids is 1. The van der Waals surface area contributed by atoms with E-state index in [1.807, 2.05) is 0 Å². The summed E-state index contributed by atoms with van der Waals surface area (Å²) in [7, 11) is 0. The third kappa shape index (κ3) is 508. The monoisotopic (exact) mass is 187 g/mol. The van der Waals surface area contributed by atoms with Crippen molar-refractivity contribution in [3.05, 3.63) is 0 Å². The highest BCUT2D eigenvalue weighted by Gasteiger charge is 1.61. The maximum absolute atomic E-state index is 9.22. The van der Waals surface area contributed by atoms with Crippen molar-refractivity contribution in [3.8, 4) is 0 Å². The van der Waals surface area contributed by atoms with E-state index >= 15 is 0 Å². The van der Waals surface area contributed by atoms with Gasteiger partial charge in [-0.25, -0.2) is 0 Å². The van der Waals surface area contributed by atoms with E-state index in [1.165, 1.54) is 6.92 Å². The van der Waals surface area contributed by atoms with Crippen LogP contribution in [-0.4, -0.2) is 5.91 Å². The molecule has 32 valence electrons. The lowest BCUT2D eigenvalue weighted by Gasteiger charge is -1.60. The quantitative estimate of drug-likeness (QED) is 0.537. The molecular weight excluding hydrogens is 181 g/mol.